The number of para-hydroxylation sites is 3. The normalized spacial score (nSPS) is 12.4. The first-order chi connectivity index (χ1) is 23.5. The van der Waals surface area contributed by atoms with Gasteiger partial charge in [0.1, 0.15) is 11.7 Å². The molecule has 3 nitrogen and oxygen atoms in total. The summed E-state index contributed by atoms with van der Waals surface area (Å²) < 4.78 is 0. The van der Waals surface area contributed by atoms with Crippen LogP contribution in [0.25, 0.3) is 0 Å². The number of anilines is 1. The van der Waals surface area contributed by atoms with Crippen LogP contribution in [0.4, 0.5) is 17.1 Å². The SMILES string of the molecule is Cc1ccc(C(=Nc2c(C(C)C)cccc2C(C)C)N(C(=Nc2c(C(C)C)cccc2C(C)C)c2ccc(C)cc2)c2ccccc2)cc1. The van der Waals surface area contributed by atoms with E-state index in [0.29, 0.717) is 23.7 Å². The smallest absolute Gasteiger partial charge is 0.146 e. The van der Waals surface area contributed by atoms with Crippen LogP contribution in [-0.2, 0) is 0 Å². The fraction of sp³-hybridized carbons (Fsp3) is 0.304. The summed E-state index contributed by atoms with van der Waals surface area (Å²) in [6, 6.07) is 41.4. The van der Waals surface area contributed by atoms with E-state index in [1.165, 1.54) is 33.4 Å². The zero-order chi connectivity index (χ0) is 35.2. The lowest BCUT2D eigenvalue weighted by molar-refractivity contribution is 0.834. The minimum absolute atomic E-state index is 0.304. The van der Waals surface area contributed by atoms with Gasteiger partial charge in [-0.15, -0.1) is 0 Å². The zero-order valence-electron chi connectivity index (χ0n) is 31.1. The van der Waals surface area contributed by atoms with Gasteiger partial charge in [0.25, 0.3) is 0 Å². The highest BCUT2D eigenvalue weighted by atomic mass is 15.2. The minimum atomic E-state index is 0.304. The van der Waals surface area contributed by atoms with E-state index >= 15 is 0 Å². The van der Waals surface area contributed by atoms with Gasteiger partial charge in [-0.1, -0.05) is 170 Å². The summed E-state index contributed by atoms with van der Waals surface area (Å²) in [5, 5.41) is 0. The van der Waals surface area contributed by atoms with Gasteiger partial charge < -0.3 is 0 Å². The summed E-state index contributed by atoms with van der Waals surface area (Å²) in [4.78, 5) is 13.8. The summed E-state index contributed by atoms with van der Waals surface area (Å²) in [6.07, 6.45) is 0. The van der Waals surface area contributed by atoms with E-state index in [1.807, 2.05) is 0 Å². The highest BCUT2D eigenvalue weighted by Crippen LogP contribution is 2.38. The third-order valence-corrected chi connectivity index (χ3v) is 9.18. The first-order valence-corrected chi connectivity index (χ1v) is 17.9. The second-order valence-corrected chi connectivity index (χ2v) is 14.5. The van der Waals surface area contributed by atoms with Crippen molar-refractivity contribution in [2.75, 3.05) is 4.90 Å². The van der Waals surface area contributed by atoms with Crippen LogP contribution in [0, 0.1) is 13.8 Å². The van der Waals surface area contributed by atoms with Crippen LogP contribution in [0.5, 0.6) is 0 Å². The second kappa shape index (κ2) is 15.6. The van der Waals surface area contributed by atoms with Gasteiger partial charge in [0.15, 0.2) is 0 Å². The summed E-state index contributed by atoms with van der Waals surface area (Å²) >= 11 is 0. The van der Waals surface area contributed by atoms with Crippen LogP contribution in [-0.4, -0.2) is 11.7 Å². The van der Waals surface area contributed by atoms with Gasteiger partial charge in [0.05, 0.1) is 11.4 Å². The van der Waals surface area contributed by atoms with E-state index in [-0.39, 0.29) is 0 Å². The van der Waals surface area contributed by atoms with E-state index in [4.69, 9.17) is 9.98 Å². The number of hydrogen-bond donors (Lipinski definition) is 0. The highest BCUT2D eigenvalue weighted by molar-refractivity contribution is 6.30. The molecule has 0 unspecified atom stereocenters. The number of amidine groups is 2. The molecule has 0 amide bonds. The lowest BCUT2D eigenvalue weighted by Gasteiger charge is -2.30. The lowest BCUT2D eigenvalue weighted by atomic mass is 9.92. The molecule has 0 aromatic heterocycles. The van der Waals surface area contributed by atoms with Crippen molar-refractivity contribution >= 4 is 28.7 Å². The molecule has 49 heavy (non-hydrogen) atoms. The third kappa shape index (κ3) is 8.11. The van der Waals surface area contributed by atoms with Gasteiger partial charge in [-0.05, 0) is 71.9 Å². The lowest BCUT2D eigenvalue weighted by Crippen LogP contribution is -2.38. The number of hydrogen-bond acceptors (Lipinski definition) is 2. The maximum Gasteiger partial charge on any atom is 0.146 e. The molecular formula is C46H53N3. The maximum absolute atomic E-state index is 5.76. The standard InChI is InChI=1S/C46H53N3/c1-30(2)39-18-14-19-40(31(3)4)43(39)47-45(36-26-22-34(9)23-27-36)49(38-16-12-11-13-17-38)46(37-28-24-35(10)25-29-37)48-44-41(32(5)6)20-15-21-42(44)33(7)8/h11-33H,1-10H3. The van der Waals surface area contributed by atoms with E-state index in [0.717, 1.165) is 39.9 Å². The Bertz CT molecular complexity index is 1730. The number of aliphatic imine (C=N–C) groups is 2. The monoisotopic (exact) mass is 647 g/mol. The van der Waals surface area contributed by atoms with Crippen LogP contribution < -0.4 is 4.90 Å². The largest absolute Gasteiger partial charge is 0.278 e. The topological polar surface area (TPSA) is 28.0 Å². The van der Waals surface area contributed by atoms with Crippen molar-refractivity contribution in [1.29, 1.82) is 0 Å². The van der Waals surface area contributed by atoms with Gasteiger partial charge in [-0.3, -0.25) is 4.90 Å². The van der Waals surface area contributed by atoms with Crippen LogP contribution in [0.3, 0.4) is 0 Å². The zero-order valence-corrected chi connectivity index (χ0v) is 31.1. The molecule has 0 N–H and O–H groups in total. The highest BCUT2D eigenvalue weighted by Gasteiger charge is 2.26. The van der Waals surface area contributed by atoms with E-state index in [2.05, 4.69) is 189 Å². The number of rotatable bonds is 9. The molecule has 0 saturated carbocycles. The molecule has 0 heterocycles. The van der Waals surface area contributed by atoms with Crippen molar-refractivity contribution in [3.8, 4) is 0 Å². The molecule has 0 aliphatic carbocycles. The molecular weight excluding hydrogens is 595 g/mol. The van der Waals surface area contributed by atoms with Crippen LogP contribution >= 0.6 is 0 Å². The van der Waals surface area contributed by atoms with Crippen LogP contribution in [0.15, 0.2) is 125 Å². The Hall–Kier alpha value is -4.76. The van der Waals surface area contributed by atoms with Crippen molar-refractivity contribution in [2.45, 2.75) is 92.9 Å². The van der Waals surface area contributed by atoms with Gasteiger partial charge in [0.2, 0.25) is 0 Å². The van der Waals surface area contributed by atoms with Crippen molar-refractivity contribution in [3.63, 3.8) is 0 Å². The van der Waals surface area contributed by atoms with E-state index in [1.54, 1.807) is 0 Å². The molecule has 0 aliphatic heterocycles. The Morgan fingerprint density at radius 2 is 0.735 bits per heavy atom. The first-order valence-electron chi connectivity index (χ1n) is 17.9. The molecule has 0 aliphatic rings. The summed E-state index contributed by atoms with van der Waals surface area (Å²) in [6.45, 7) is 22.3. The average molecular weight is 648 g/mol. The van der Waals surface area contributed by atoms with Crippen LogP contribution in [0.1, 0.15) is 124 Å². The number of nitrogens with zero attached hydrogens (tertiary/aromatic N) is 3. The molecule has 0 radical (unpaired) electrons. The summed E-state index contributed by atoms with van der Waals surface area (Å²) in [5.41, 5.74) is 12.5. The maximum atomic E-state index is 5.76. The fourth-order valence-corrected chi connectivity index (χ4v) is 6.31. The van der Waals surface area contributed by atoms with Gasteiger partial charge in [0, 0.05) is 16.8 Å². The van der Waals surface area contributed by atoms with E-state index < -0.39 is 0 Å². The summed E-state index contributed by atoms with van der Waals surface area (Å²) in [5.74, 6) is 2.90. The predicted molar refractivity (Wildman–Crippen MR) is 213 cm³/mol. The van der Waals surface area contributed by atoms with Crippen molar-refractivity contribution < 1.29 is 0 Å². The molecule has 5 aromatic rings. The molecule has 5 aromatic carbocycles. The van der Waals surface area contributed by atoms with E-state index in [9.17, 15) is 0 Å². The quantitative estimate of drug-likeness (QED) is 0.116. The Morgan fingerprint density at radius 3 is 1.04 bits per heavy atom. The van der Waals surface area contributed by atoms with Crippen molar-refractivity contribution in [2.24, 2.45) is 9.98 Å². The van der Waals surface area contributed by atoms with Gasteiger partial charge >= 0.3 is 0 Å². The molecule has 0 bridgehead atoms. The Labute approximate surface area is 295 Å². The summed E-state index contributed by atoms with van der Waals surface area (Å²) in [7, 11) is 0. The van der Waals surface area contributed by atoms with Crippen LogP contribution in [0.2, 0.25) is 0 Å². The molecule has 0 saturated heterocycles. The third-order valence-electron chi connectivity index (χ3n) is 9.18. The van der Waals surface area contributed by atoms with Gasteiger partial charge in [-0.25, -0.2) is 9.98 Å². The predicted octanol–water partition coefficient (Wildman–Crippen LogP) is 13.2. The molecule has 0 atom stereocenters. The first kappa shape index (κ1) is 35.5. The molecule has 252 valence electrons. The number of benzene rings is 5. The fourth-order valence-electron chi connectivity index (χ4n) is 6.31. The minimum Gasteiger partial charge on any atom is -0.278 e. The Morgan fingerprint density at radius 1 is 0.408 bits per heavy atom. The van der Waals surface area contributed by atoms with Crippen molar-refractivity contribution in [3.05, 3.63) is 160 Å². The molecule has 3 heteroatoms. The number of aryl methyl sites for hydroxylation is 2. The van der Waals surface area contributed by atoms with Crippen molar-refractivity contribution in [1.82, 2.24) is 0 Å². The Balaban J connectivity index is 1.97. The molecule has 0 fully saturated rings. The second-order valence-electron chi connectivity index (χ2n) is 14.5. The molecule has 0 spiro atoms. The Kier molecular flexibility index (Phi) is 11.3. The average Bonchev–Trinajstić information content (AvgIpc) is 3.08. The molecule has 5 rings (SSSR count). The van der Waals surface area contributed by atoms with Gasteiger partial charge in [-0.2, -0.15) is 0 Å².